The number of hydrogen-bond donors (Lipinski definition) is 2. The highest BCUT2D eigenvalue weighted by atomic mass is 16.5. The minimum atomic E-state index is -0.487. The molecule has 2 aromatic rings. The van der Waals surface area contributed by atoms with Crippen LogP contribution in [-0.2, 0) is 9.59 Å². The molecule has 1 aliphatic heterocycles. The van der Waals surface area contributed by atoms with Gasteiger partial charge in [-0.15, -0.1) is 0 Å². The minimum Gasteiger partial charge on any atom is -0.490 e. The van der Waals surface area contributed by atoms with Gasteiger partial charge in [-0.2, -0.15) is 0 Å². The summed E-state index contributed by atoms with van der Waals surface area (Å²) in [4.78, 5) is 24.7. The molecule has 4 rings (SSSR count). The second-order valence-corrected chi connectivity index (χ2v) is 6.93. The Hall–Kier alpha value is -2.82. The third kappa shape index (κ3) is 3.57. The van der Waals surface area contributed by atoms with E-state index in [1.165, 1.54) is 12.8 Å². The number of amides is 2. The van der Waals surface area contributed by atoms with Crippen LogP contribution in [0.1, 0.15) is 43.6 Å². The van der Waals surface area contributed by atoms with Crippen molar-refractivity contribution < 1.29 is 14.3 Å². The lowest BCUT2D eigenvalue weighted by molar-refractivity contribution is -0.123. The lowest BCUT2D eigenvalue weighted by Gasteiger charge is -2.24. The topological polar surface area (TPSA) is 67.4 Å². The van der Waals surface area contributed by atoms with E-state index in [0.717, 1.165) is 24.2 Å². The van der Waals surface area contributed by atoms with Crippen molar-refractivity contribution in [3.05, 3.63) is 54.1 Å². The number of carbonyl (C=O) groups is 2. The van der Waals surface area contributed by atoms with E-state index >= 15 is 0 Å². The first kappa shape index (κ1) is 16.6. The van der Waals surface area contributed by atoms with Crippen LogP contribution in [-0.4, -0.2) is 17.9 Å². The molecule has 0 bridgehead atoms. The van der Waals surface area contributed by atoms with Crippen LogP contribution in [0, 0.1) is 0 Å². The molecule has 1 saturated carbocycles. The molecule has 5 nitrogen and oxygen atoms in total. The smallest absolute Gasteiger partial charge is 0.232 e. The third-order valence-corrected chi connectivity index (χ3v) is 5.02. The van der Waals surface area contributed by atoms with Crippen LogP contribution in [0.15, 0.2) is 48.5 Å². The first-order valence-electron chi connectivity index (χ1n) is 9.15. The Kier molecular flexibility index (Phi) is 4.61. The SMILES string of the molecule is O=C1CC(C(=O)Nc2cccc(OC3CCCC3)c2)c2ccccc2N1. The number of para-hydroxylation sites is 1. The monoisotopic (exact) mass is 350 g/mol. The number of carbonyl (C=O) groups excluding carboxylic acids is 2. The Morgan fingerprint density at radius 3 is 2.73 bits per heavy atom. The van der Waals surface area contributed by atoms with Crippen molar-refractivity contribution in [3.63, 3.8) is 0 Å². The van der Waals surface area contributed by atoms with Crippen LogP contribution in [0.2, 0.25) is 0 Å². The molecule has 1 unspecified atom stereocenters. The van der Waals surface area contributed by atoms with Gasteiger partial charge in [-0.25, -0.2) is 0 Å². The molecule has 1 aliphatic carbocycles. The predicted octanol–water partition coefficient (Wildman–Crippen LogP) is 4.07. The van der Waals surface area contributed by atoms with Crippen molar-refractivity contribution in [1.29, 1.82) is 0 Å². The molecule has 26 heavy (non-hydrogen) atoms. The van der Waals surface area contributed by atoms with Gasteiger partial charge >= 0.3 is 0 Å². The molecular formula is C21H22N2O3. The van der Waals surface area contributed by atoms with Gasteiger partial charge in [0.15, 0.2) is 0 Å². The van der Waals surface area contributed by atoms with Crippen LogP contribution >= 0.6 is 0 Å². The van der Waals surface area contributed by atoms with Gasteiger partial charge in [0.05, 0.1) is 12.0 Å². The Bertz CT molecular complexity index is 828. The average molecular weight is 350 g/mol. The molecular weight excluding hydrogens is 328 g/mol. The Balaban J connectivity index is 1.49. The van der Waals surface area contributed by atoms with Crippen molar-refractivity contribution in [2.75, 3.05) is 10.6 Å². The quantitative estimate of drug-likeness (QED) is 0.873. The van der Waals surface area contributed by atoms with Crippen molar-refractivity contribution in [2.45, 2.75) is 44.1 Å². The summed E-state index contributed by atoms with van der Waals surface area (Å²) in [6.07, 6.45) is 5.03. The molecule has 2 aliphatic rings. The first-order valence-corrected chi connectivity index (χ1v) is 9.15. The van der Waals surface area contributed by atoms with Crippen LogP contribution < -0.4 is 15.4 Å². The summed E-state index contributed by atoms with van der Waals surface area (Å²) in [6, 6.07) is 14.9. The highest BCUT2D eigenvalue weighted by Gasteiger charge is 2.30. The molecule has 1 atom stereocenters. The molecule has 2 amide bonds. The highest BCUT2D eigenvalue weighted by molar-refractivity contribution is 6.05. The van der Waals surface area contributed by atoms with Gasteiger partial charge in [0.25, 0.3) is 0 Å². The second kappa shape index (κ2) is 7.20. The highest BCUT2D eigenvalue weighted by Crippen LogP contribution is 2.33. The first-order chi connectivity index (χ1) is 12.7. The van der Waals surface area contributed by atoms with Crippen LogP contribution in [0.3, 0.4) is 0 Å². The Morgan fingerprint density at radius 1 is 1.08 bits per heavy atom. The third-order valence-electron chi connectivity index (χ3n) is 5.02. The number of benzene rings is 2. The van der Waals surface area contributed by atoms with Crippen molar-refractivity contribution in [1.82, 2.24) is 0 Å². The fraction of sp³-hybridized carbons (Fsp3) is 0.333. The second-order valence-electron chi connectivity index (χ2n) is 6.93. The van der Waals surface area contributed by atoms with Crippen molar-refractivity contribution in [2.24, 2.45) is 0 Å². The van der Waals surface area contributed by atoms with E-state index in [1.54, 1.807) is 0 Å². The molecule has 0 spiro atoms. The summed E-state index contributed by atoms with van der Waals surface area (Å²) < 4.78 is 6.00. The normalized spacial score (nSPS) is 19.5. The molecule has 1 heterocycles. The standard InChI is InChI=1S/C21H22N2O3/c24-20-13-18(17-10-3-4-11-19(17)23-20)21(25)22-14-6-5-9-16(12-14)26-15-7-1-2-8-15/h3-6,9-12,15,18H,1-2,7-8,13H2,(H,22,25)(H,23,24). The molecule has 5 heteroatoms. The average Bonchev–Trinajstić information content (AvgIpc) is 3.14. The summed E-state index contributed by atoms with van der Waals surface area (Å²) in [7, 11) is 0. The van der Waals surface area contributed by atoms with E-state index in [2.05, 4.69) is 10.6 Å². The zero-order valence-electron chi connectivity index (χ0n) is 14.5. The lowest BCUT2D eigenvalue weighted by Crippen LogP contribution is -2.30. The molecule has 2 N–H and O–H groups in total. The minimum absolute atomic E-state index is 0.137. The maximum absolute atomic E-state index is 12.8. The molecule has 0 radical (unpaired) electrons. The molecule has 1 fully saturated rings. The van der Waals surface area contributed by atoms with Crippen LogP contribution in [0.5, 0.6) is 5.75 Å². The summed E-state index contributed by atoms with van der Waals surface area (Å²) >= 11 is 0. The molecule has 134 valence electrons. The fourth-order valence-electron chi connectivity index (χ4n) is 3.72. The van der Waals surface area contributed by atoms with Gasteiger partial charge in [0, 0.05) is 23.9 Å². The number of fused-ring (bicyclic) bond motifs is 1. The maximum atomic E-state index is 12.8. The maximum Gasteiger partial charge on any atom is 0.232 e. The molecule has 0 aromatic heterocycles. The van der Waals surface area contributed by atoms with Gasteiger partial charge in [0.2, 0.25) is 11.8 Å². The van der Waals surface area contributed by atoms with Gasteiger partial charge in [0.1, 0.15) is 5.75 Å². The largest absolute Gasteiger partial charge is 0.490 e. The van der Waals surface area contributed by atoms with Gasteiger partial charge in [-0.1, -0.05) is 24.3 Å². The number of rotatable bonds is 4. The van der Waals surface area contributed by atoms with E-state index in [1.807, 2.05) is 48.5 Å². The van der Waals surface area contributed by atoms with Crippen LogP contribution in [0.25, 0.3) is 0 Å². The van der Waals surface area contributed by atoms with Gasteiger partial charge < -0.3 is 15.4 Å². The van der Waals surface area contributed by atoms with E-state index in [0.29, 0.717) is 11.4 Å². The van der Waals surface area contributed by atoms with Crippen molar-refractivity contribution >= 4 is 23.2 Å². The van der Waals surface area contributed by atoms with Crippen molar-refractivity contribution in [3.8, 4) is 5.75 Å². The Labute approximate surface area is 152 Å². The Morgan fingerprint density at radius 2 is 1.88 bits per heavy atom. The fourth-order valence-corrected chi connectivity index (χ4v) is 3.72. The number of anilines is 2. The van der Waals surface area contributed by atoms with Gasteiger partial charge in [-0.05, 0) is 49.4 Å². The predicted molar refractivity (Wildman–Crippen MR) is 100 cm³/mol. The zero-order chi connectivity index (χ0) is 17.9. The van der Waals surface area contributed by atoms with E-state index in [-0.39, 0.29) is 24.3 Å². The molecule has 0 saturated heterocycles. The number of hydrogen-bond acceptors (Lipinski definition) is 3. The summed E-state index contributed by atoms with van der Waals surface area (Å²) in [5, 5.41) is 5.76. The summed E-state index contributed by atoms with van der Waals surface area (Å²) in [5.41, 5.74) is 2.25. The van der Waals surface area contributed by atoms with E-state index in [9.17, 15) is 9.59 Å². The van der Waals surface area contributed by atoms with E-state index < -0.39 is 5.92 Å². The summed E-state index contributed by atoms with van der Waals surface area (Å²) in [5.74, 6) is -0.0247. The van der Waals surface area contributed by atoms with Gasteiger partial charge in [-0.3, -0.25) is 9.59 Å². The number of ether oxygens (including phenoxy) is 1. The van der Waals surface area contributed by atoms with E-state index in [4.69, 9.17) is 4.74 Å². The zero-order valence-corrected chi connectivity index (χ0v) is 14.5. The summed E-state index contributed by atoms with van der Waals surface area (Å²) in [6.45, 7) is 0. The molecule has 2 aromatic carbocycles. The van der Waals surface area contributed by atoms with Crippen LogP contribution in [0.4, 0.5) is 11.4 Å². The number of nitrogens with one attached hydrogen (secondary N) is 2. The lowest BCUT2D eigenvalue weighted by atomic mass is 9.90.